The van der Waals surface area contributed by atoms with Crippen molar-refractivity contribution in [2.75, 3.05) is 9.86 Å². The topological polar surface area (TPSA) is 0 Å². The standard InChI is InChI=1S/C8H11IS/c1-9(2)10-8-6-4-3-5-7-8/h3-7H,1-2H3. The molecule has 1 rings (SSSR count). The third kappa shape index (κ3) is 2.92. The molecule has 0 heterocycles. The van der Waals surface area contributed by atoms with Gasteiger partial charge in [-0.05, 0) is 0 Å². The summed E-state index contributed by atoms with van der Waals surface area (Å²) < 4.78 is 0. The summed E-state index contributed by atoms with van der Waals surface area (Å²) in [7, 11) is 2.06. The Bertz CT molecular complexity index is 184. The average Bonchev–Trinajstić information content (AvgIpc) is 1.88. The molecule has 0 bridgehead atoms. The molecule has 0 amide bonds. The molecule has 0 nitrogen and oxygen atoms in total. The van der Waals surface area contributed by atoms with Crippen LogP contribution in [0.15, 0.2) is 35.2 Å². The van der Waals surface area contributed by atoms with E-state index in [1.54, 1.807) is 0 Å². The van der Waals surface area contributed by atoms with Gasteiger partial charge in [-0.1, -0.05) is 0 Å². The van der Waals surface area contributed by atoms with Crippen LogP contribution in [0.5, 0.6) is 0 Å². The van der Waals surface area contributed by atoms with Crippen molar-refractivity contribution in [1.29, 1.82) is 0 Å². The monoisotopic (exact) mass is 266 g/mol. The van der Waals surface area contributed by atoms with E-state index in [1.807, 2.05) is 0 Å². The Hall–Kier alpha value is 0.300. The molecule has 0 saturated heterocycles. The summed E-state index contributed by atoms with van der Waals surface area (Å²) in [5.41, 5.74) is 0. The summed E-state index contributed by atoms with van der Waals surface area (Å²) >= 11 is -0.629. The molecule has 0 fully saturated rings. The van der Waals surface area contributed by atoms with E-state index in [1.165, 1.54) is 4.90 Å². The molecule has 0 aromatic heterocycles. The fraction of sp³-hybridized carbons (Fsp3) is 0.250. The van der Waals surface area contributed by atoms with Gasteiger partial charge in [0, 0.05) is 0 Å². The Morgan fingerprint density at radius 2 is 1.70 bits per heavy atom. The van der Waals surface area contributed by atoms with Gasteiger partial charge in [0.2, 0.25) is 0 Å². The molecule has 0 saturated carbocycles. The fourth-order valence-corrected chi connectivity index (χ4v) is 5.20. The number of hydrogen-bond acceptors (Lipinski definition) is 1. The Morgan fingerprint density at radius 3 is 2.20 bits per heavy atom. The van der Waals surface area contributed by atoms with Crippen LogP contribution in [0, 0.1) is 0 Å². The first-order valence-corrected chi connectivity index (χ1v) is 10.7. The van der Waals surface area contributed by atoms with E-state index in [4.69, 9.17) is 0 Å². The number of alkyl halides is 2. The van der Waals surface area contributed by atoms with Gasteiger partial charge in [-0.25, -0.2) is 0 Å². The van der Waals surface area contributed by atoms with Crippen molar-refractivity contribution in [3.63, 3.8) is 0 Å². The minimum atomic E-state index is -0.629. The first-order chi connectivity index (χ1) is 4.79. The third-order valence-electron chi connectivity index (χ3n) is 0.987. The van der Waals surface area contributed by atoms with Crippen molar-refractivity contribution in [3.8, 4) is 0 Å². The first-order valence-electron chi connectivity index (χ1n) is 3.03. The predicted molar refractivity (Wildman–Crippen MR) is 58.2 cm³/mol. The molecule has 10 heavy (non-hydrogen) atoms. The second-order valence-corrected chi connectivity index (χ2v) is 12.1. The van der Waals surface area contributed by atoms with E-state index < -0.39 is 18.4 Å². The van der Waals surface area contributed by atoms with Gasteiger partial charge in [-0.3, -0.25) is 0 Å². The molecule has 0 N–H and O–H groups in total. The number of hydrogen-bond donors (Lipinski definition) is 0. The zero-order valence-electron chi connectivity index (χ0n) is 6.17. The summed E-state index contributed by atoms with van der Waals surface area (Å²) in [6.07, 6.45) is 0. The van der Waals surface area contributed by atoms with E-state index in [9.17, 15) is 0 Å². The van der Waals surface area contributed by atoms with Gasteiger partial charge >= 0.3 is 72.5 Å². The van der Waals surface area contributed by atoms with E-state index in [-0.39, 0.29) is 0 Å². The molecule has 2 heteroatoms. The first kappa shape index (κ1) is 8.40. The molecule has 0 unspecified atom stereocenters. The van der Waals surface area contributed by atoms with Crippen LogP contribution in [0.3, 0.4) is 0 Å². The van der Waals surface area contributed by atoms with E-state index in [0.717, 1.165) is 0 Å². The van der Waals surface area contributed by atoms with Crippen LogP contribution < -0.4 is 0 Å². The maximum atomic E-state index is 2.36. The molecule has 0 aliphatic heterocycles. The molecule has 56 valence electrons. The fourth-order valence-electron chi connectivity index (χ4n) is 0.650. The molecular formula is C8H11IS. The molecule has 1 aromatic rings. The van der Waals surface area contributed by atoms with Gasteiger partial charge < -0.3 is 0 Å². The molecule has 0 aliphatic carbocycles. The van der Waals surface area contributed by atoms with E-state index >= 15 is 0 Å². The average molecular weight is 266 g/mol. The number of rotatable bonds is 2. The van der Waals surface area contributed by atoms with Crippen LogP contribution in [0.2, 0.25) is 0 Å². The van der Waals surface area contributed by atoms with E-state index in [0.29, 0.717) is 0 Å². The zero-order chi connectivity index (χ0) is 7.40. The van der Waals surface area contributed by atoms with Crippen LogP contribution in [0.25, 0.3) is 0 Å². The Labute approximate surface area is 72.2 Å². The molecule has 0 atom stereocenters. The third-order valence-corrected chi connectivity index (χ3v) is 5.91. The van der Waals surface area contributed by atoms with E-state index in [2.05, 4.69) is 49.1 Å². The zero-order valence-corrected chi connectivity index (χ0v) is 9.15. The Balaban J connectivity index is 2.59. The van der Waals surface area contributed by atoms with Crippen LogP contribution in [-0.2, 0) is 0 Å². The SMILES string of the molecule is CI(C)Sc1ccccc1. The van der Waals surface area contributed by atoms with Crippen LogP contribution in [0.4, 0.5) is 0 Å². The summed E-state index contributed by atoms with van der Waals surface area (Å²) in [4.78, 5) is 6.15. The minimum absolute atomic E-state index is 0.629. The van der Waals surface area contributed by atoms with Crippen LogP contribution in [-0.4, -0.2) is 9.86 Å². The maximum absolute atomic E-state index is 2.36. The van der Waals surface area contributed by atoms with Crippen LogP contribution in [0.1, 0.15) is 0 Å². The quantitative estimate of drug-likeness (QED) is 0.583. The predicted octanol–water partition coefficient (Wildman–Crippen LogP) is 3.46. The summed E-state index contributed by atoms with van der Waals surface area (Å²) in [6, 6.07) is 10.6. The molecule has 0 radical (unpaired) electrons. The van der Waals surface area contributed by atoms with Gasteiger partial charge in [0.05, 0.1) is 0 Å². The summed E-state index contributed by atoms with van der Waals surface area (Å²) in [6.45, 7) is 0. The molecule has 0 spiro atoms. The van der Waals surface area contributed by atoms with Gasteiger partial charge in [0.25, 0.3) is 0 Å². The van der Waals surface area contributed by atoms with Gasteiger partial charge in [0.15, 0.2) is 0 Å². The number of halogens is 1. The van der Waals surface area contributed by atoms with Crippen molar-refractivity contribution in [2.24, 2.45) is 0 Å². The van der Waals surface area contributed by atoms with Gasteiger partial charge in [0.1, 0.15) is 0 Å². The molecule has 0 aliphatic rings. The van der Waals surface area contributed by atoms with Gasteiger partial charge in [-0.15, -0.1) is 0 Å². The second-order valence-electron chi connectivity index (χ2n) is 2.08. The number of benzene rings is 1. The second kappa shape index (κ2) is 4.23. The molecule has 1 aromatic carbocycles. The van der Waals surface area contributed by atoms with Crippen molar-refractivity contribution in [1.82, 2.24) is 0 Å². The van der Waals surface area contributed by atoms with Crippen molar-refractivity contribution in [3.05, 3.63) is 30.3 Å². The normalized spacial score (nSPS) is 11.2. The Morgan fingerprint density at radius 1 is 1.10 bits per heavy atom. The summed E-state index contributed by atoms with van der Waals surface area (Å²) in [5, 5.41) is 0. The molecular weight excluding hydrogens is 255 g/mol. The van der Waals surface area contributed by atoms with Crippen LogP contribution >= 0.6 is 27.4 Å². The summed E-state index contributed by atoms with van der Waals surface area (Å²) in [5.74, 6) is 0. The Kier molecular flexibility index (Phi) is 3.56. The van der Waals surface area contributed by atoms with Crippen molar-refractivity contribution >= 4 is 27.4 Å². The van der Waals surface area contributed by atoms with Gasteiger partial charge in [-0.2, -0.15) is 0 Å². The van der Waals surface area contributed by atoms with Crippen molar-refractivity contribution in [2.45, 2.75) is 4.90 Å². The van der Waals surface area contributed by atoms with Crippen molar-refractivity contribution < 1.29 is 0 Å².